The van der Waals surface area contributed by atoms with E-state index in [1.54, 1.807) is 0 Å². The molecular formula is C36H67N3O8. The Labute approximate surface area is 283 Å². The lowest BCUT2D eigenvalue weighted by Crippen LogP contribution is -2.48. The molecule has 0 aromatic heterocycles. The van der Waals surface area contributed by atoms with Crippen LogP contribution >= 0.6 is 0 Å². The van der Waals surface area contributed by atoms with Crippen LogP contribution in [0.5, 0.6) is 0 Å². The van der Waals surface area contributed by atoms with Crippen molar-refractivity contribution in [3.8, 4) is 0 Å². The van der Waals surface area contributed by atoms with Crippen molar-refractivity contribution in [2.24, 2.45) is 51.7 Å². The highest BCUT2D eigenvalue weighted by atomic mass is 16.6. The van der Waals surface area contributed by atoms with E-state index in [1.165, 1.54) is 0 Å². The third-order valence-corrected chi connectivity index (χ3v) is 11.1. The molecule has 0 unspecified atom stereocenters. The van der Waals surface area contributed by atoms with Crippen molar-refractivity contribution in [1.82, 2.24) is 0 Å². The Morgan fingerprint density at radius 3 is 1.81 bits per heavy atom. The summed E-state index contributed by atoms with van der Waals surface area (Å²) in [6.07, 6.45) is 5.94. The van der Waals surface area contributed by atoms with E-state index in [1.807, 2.05) is 13.8 Å². The third kappa shape index (κ3) is 13.7. The van der Waals surface area contributed by atoms with Gasteiger partial charge >= 0.3 is 23.9 Å². The molecule has 0 bridgehead atoms. The van der Waals surface area contributed by atoms with E-state index >= 15 is 0 Å². The van der Waals surface area contributed by atoms with E-state index in [2.05, 4.69) is 34.6 Å². The zero-order chi connectivity index (χ0) is 35.8. The molecule has 47 heavy (non-hydrogen) atoms. The number of aliphatic carboxylic acids is 1. The van der Waals surface area contributed by atoms with Crippen LogP contribution in [-0.4, -0.2) is 66.9 Å². The van der Waals surface area contributed by atoms with Crippen LogP contribution in [-0.2, 0) is 33.4 Å². The molecule has 7 N–H and O–H groups in total. The smallest absolute Gasteiger partial charge is 0.307 e. The lowest BCUT2D eigenvalue weighted by Gasteiger charge is -2.48. The van der Waals surface area contributed by atoms with E-state index in [-0.39, 0.29) is 105 Å². The fraction of sp³-hybridized carbons (Fsp3) is 0.889. The summed E-state index contributed by atoms with van der Waals surface area (Å²) < 4.78 is 17.9. The first-order valence-corrected chi connectivity index (χ1v) is 18.0. The molecule has 0 spiro atoms. The molecule has 0 radical (unpaired) electrons. The first kappa shape index (κ1) is 42.8. The Morgan fingerprint density at radius 1 is 0.809 bits per heavy atom. The molecule has 0 saturated heterocycles. The maximum atomic E-state index is 13.2. The lowest BCUT2D eigenvalue weighted by atomic mass is 9.61. The van der Waals surface area contributed by atoms with Gasteiger partial charge in [0.25, 0.3) is 0 Å². The van der Waals surface area contributed by atoms with Crippen LogP contribution in [0.2, 0.25) is 0 Å². The fourth-order valence-corrected chi connectivity index (χ4v) is 7.50. The number of carbonyl (C=O) groups excluding carboxylic acids is 3. The van der Waals surface area contributed by atoms with Crippen molar-refractivity contribution in [3.63, 3.8) is 0 Å². The predicted molar refractivity (Wildman–Crippen MR) is 183 cm³/mol. The van der Waals surface area contributed by atoms with Gasteiger partial charge in [-0.15, -0.1) is 0 Å². The monoisotopic (exact) mass is 669 g/mol. The molecule has 1 fully saturated rings. The normalized spacial score (nSPS) is 22.9. The number of carboxylic acids is 1. The van der Waals surface area contributed by atoms with Gasteiger partial charge in [-0.1, -0.05) is 48.5 Å². The van der Waals surface area contributed by atoms with Crippen LogP contribution in [0.3, 0.4) is 0 Å². The fourth-order valence-electron chi connectivity index (χ4n) is 7.50. The number of ether oxygens (including phenoxy) is 3. The highest BCUT2D eigenvalue weighted by Gasteiger charge is 2.55. The second kappa shape index (κ2) is 21.0. The molecular weight excluding hydrogens is 602 g/mol. The molecule has 1 aliphatic rings. The molecule has 1 rings (SSSR count). The van der Waals surface area contributed by atoms with Gasteiger partial charge in [-0.25, -0.2) is 0 Å². The predicted octanol–water partition coefficient (Wildman–Crippen LogP) is 5.34. The van der Waals surface area contributed by atoms with Gasteiger partial charge in [-0.3, -0.25) is 19.2 Å². The molecule has 0 aliphatic heterocycles. The Kier molecular flexibility index (Phi) is 19.1. The number of esters is 3. The van der Waals surface area contributed by atoms with Crippen molar-refractivity contribution in [2.45, 2.75) is 150 Å². The number of hydrogen-bond donors (Lipinski definition) is 4. The molecule has 0 aromatic carbocycles. The molecule has 1 saturated carbocycles. The quantitative estimate of drug-likeness (QED) is 0.0765. The molecule has 11 nitrogen and oxygen atoms in total. The second-order valence-corrected chi connectivity index (χ2v) is 14.7. The summed E-state index contributed by atoms with van der Waals surface area (Å²) in [5, 5.41) is 9.47. The molecule has 0 amide bonds. The standard InChI is InChI=1S/C36H67N3O8/c1-8-27(45-32(42)15-19-37)14-18-35(5,6)25(4)22-30(47-34(44)17-21-39)36(7)26(23-28(9-2)46-33(43)16-20-38)11-12-29(36)24(3)10-13-31(40)41/h24-30H,8-23,37-39H2,1-7H3,(H,40,41)/t24-,25-,26+,27+,28-,29-,30+,36+/m1/s1. The van der Waals surface area contributed by atoms with Gasteiger partial charge < -0.3 is 36.5 Å². The first-order valence-electron chi connectivity index (χ1n) is 18.0. The van der Waals surface area contributed by atoms with Gasteiger partial charge in [0.2, 0.25) is 0 Å². The maximum Gasteiger partial charge on any atom is 0.307 e. The van der Waals surface area contributed by atoms with Crippen LogP contribution in [0.25, 0.3) is 0 Å². The summed E-state index contributed by atoms with van der Waals surface area (Å²) in [4.78, 5) is 49.3. The SMILES string of the molecule is CC[C@H](C[C@@H]1CC[C@H]([C@H](C)CCC(=O)O)[C@@]1(C)[C@H](C[C@@H](C)C(C)(C)CC[C@H](CC)OC(=O)CCN)OC(=O)CCN)OC(=O)CCN. The summed E-state index contributed by atoms with van der Waals surface area (Å²) in [6.45, 7) is 15.6. The van der Waals surface area contributed by atoms with Crippen LogP contribution in [0.4, 0.5) is 0 Å². The van der Waals surface area contributed by atoms with Gasteiger partial charge in [-0.05, 0) is 86.9 Å². The Bertz CT molecular complexity index is 976. The number of carboxylic acid groups (broad SMARTS) is 1. The average Bonchev–Trinajstić information content (AvgIpc) is 3.33. The number of nitrogens with two attached hydrogens (primary N) is 3. The number of hydrogen-bond acceptors (Lipinski definition) is 10. The molecule has 11 heteroatoms. The summed E-state index contributed by atoms with van der Waals surface area (Å²) >= 11 is 0. The summed E-state index contributed by atoms with van der Waals surface area (Å²) in [7, 11) is 0. The van der Waals surface area contributed by atoms with E-state index < -0.39 is 17.5 Å². The second-order valence-electron chi connectivity index (χ2n) is 14.7. The number of carbonyl (C=O) groups is 4. The van der Waals surface area contributed by atoms with E-state index in [9.17, 15) is 24.3 Å². The van der Waals surface area contributed by atoms with Crippen LogP contribution in [0.1, 0.15) is 132 Å². The van der Waals surface area contributed by atoms with E-state index in [0.29, 0.717) is 38.5 Å². The van der Waals surface area contributed by atoms with Crippen LogP contribution < -0.4 is 17.2 Å². The molecule has 0 heterocycles. The summed E-state index contributed by atoms with van der Waals surface area (Å²) in [5.41, 5.74) is 16.2. The Hall–Kier alpha value is -2.24. The van der Waals surface area contributed by atoms with Gasteiger partial charge in [0, 0.05) is 31.5 Å². The highest BCUT2D eigenvalue weighted by Crippen LogP contribution is 2.58. The van der Waals surface area contributed by atoms with Crippen LogP contribution in [0, 0.1) is 34.5 Å². The lowest BCUT2D eigenvalue weighted by molar-refractivity contribution is -0.166. The van der Waals surface area contributed by atoms with Crippen molar-refractivity contribution in [1.29, 1.82) is 0 Å². The van der Waals surface area contributed by atoms with Crippen LogP contribution in [0.15, 0.2) is 0 Å². The van der Waals surface area contributed by atoms with Crippen molar-refractivity contribution in [3.05, 3.63) is 0 Å². The van der Waals surface area contributed by atoms with E-state index in [0.717, 1.165) is 19.3 Å². The topological polar surface area (TPSA) is 194 Å². The Balaban J connectivity index is 3.45. The third-order valence-electron chi connectivity index (χ3n) is 11.1. The number of rotatable bonds is 24. The van der Waals surface area contributed by atoms with E-state index in [4.69, 9.17) is 31.4 Å². The maximum absolute atomic E-state index is 13.2. The minimum absolute atomic E-state index is 0.0716. The largest absolute Gasteiger partial charge is 0.481 e. The summed E-state index contributed by atoms with van der Waals surface area (Å²) in [5.74, 6) is -1.39. The first-order chi connectivity index (χ1) is 22.1. The summed E-state index contributed by atoms with van der Waals surface area (Å²) in [6, 6.07) is 0. The van der Waals surface area contributed by atoms with Crippen molar-refractivity contribution < 1.29 is 38.5 Å². The van der Waals surface area contributed by atoms with Gasteiger partial charge in [0.1, 0.15) is 18.3 Å². The zero-order valence-corrected chi connectivity index (χ0v) is 30.4. The molecule has 274 valence electrons. The van der Waals surface area contributed by atoms with Crippen molar-refractivity contribution >= 4 is 23.9 Å². The molecule has 8 atom stereocenters. The van der Waals surface area contributed by atoms with Crippen molar-refractivity contribution in [2.75, 3.05) is 19.6 Å². The zero-order valence-electron chi connectivity index (χ0n) is 30.4. The van der Waals surface area contributed by atoms with Gasteiger partial charge in [-0.2, -0.15) is 0 Å². The highest BCUT2D eigenvalue weighted by molar-refractivity contribution is 5.70. The minimum Gasteiger partial charge on any atom is -0.481 e. The molecule has 0 aromatic rings. The Morgan fingerprint density at radius 2 is 1.32 bits per heavy atom. The van der Waals surface area contributed by atoms with Gasteiger partial charge in [0.15, 0.2) is 0 Å². The molecule has 1 aliphatic carbocycles. The minimum atomic E-state index is -0.827. The average molecular weight is 670 g/mol. The van der Waals surface area contributed by atoms with Gasteiger partial charge in [0.05, 0.1) is 19.3 Å².